The highest BCUT2D eigenvalue weighted by Gasteiger charge is 2.35. The van der Waals surface area contributed by atoms with Crippen LogP contribution in [0.1, 0.15) is 24.2 Å². The molecule has 0 aliphatic carbocycles. The van der Waals surface area contributed by atoms with E-state index in [2.05, 4.69) is 4.72 Å². The molecule has 104 valence electrons. The van der Waals surface area contributed by atoms with Crippen LogP contribution in [-0.2, 0) is 19.5 Å². The van der Waals surface area contributed by atoms with Crippen molar-refractivity contribution in [3.05, 3.63) is 29.8 Å². The van der Waals surface area contributed by atoms with Gasteiger partial charge in [-0.1, -0.05) is 12.1 Å². The van der Waals surface area contributed by atoms with Gasteiger partial charge in [0.25, 0.3) is 0 Å². The van der Waals surface area contributed by atoms with Gasteiger partial charge in [-0.05, 0) is 26.0 Å². The molecule has 1 aliphatic heterocycles. The van der Waals surface area contributed by atoms with Crippen LogP contribution in [0.25, 0.3) is 0 Å². The molecule has 1 aromatic rings. The van der Waals surface area contributed by atoms with Gasteiger partial charge in [-0.2, -0.15) is 4.72 Å². The third kappa shape index (κ3) is 3.38. The average Bonchev–Trinajstić information content (AvgIpc) is 2.68. The zero-order valence-corrected chi connectivity index (χ0v) is 11.4. The SMILES string of the molecule is CC1(C)OCC(NS(=O)(=O)c2ccc(C=O)cc2)O1. The second-order valence-electron chi connectivity index (χ2n) is 4.63. The Kier molecular flexibility index (Phi) is 3.73. The maximum Gasteiger partial charge on any atom is 0.242 e. The van der Waals surface area contributed by atoms with Crippen molar-refractivity contribution in [2.45, 2.75) is 30.8 Å². The topological polar surface area (TPSA) is 81.7 Å². The summed E-state index contributed by atoms with van der Waals surface area (Å²) in [4.78, 5) is 10.6. The molecule has 1 aliphatic rings. The molecular formula is C12H15NO5S. The summed E-state index contributed by atoms with van der Waals surface area (Å²) in [6.07, 6.45) is -0.0639. The smallest absolute Gasteiger partial charge is 0.242 e. The van der Waals surface area contributed by atoms with Crippen LogP contribution in [0, 0.1) is 0 Å². The van der Waals surface area contributed by atoms with Crippen molar-refractivity contribution in [3.63, 3.8) is 0 Å². The average molecular weight is 285 g/mol. The van der Waals surface area contributed by atoms with E-state index in [0.29, 0.717) is 11.8 Å². The molecule has 1 N–H and O–H groups in total. The van der Waals surface area contributed by atoms with Crippen LogP contribution in [0.3, 0.4) is 0 Å². The predicted octanol–water partition coefficient (Wildman–Crippen LogP) is 0.886. The monoisotopic (exact) mass is 285 g/mol. The van der Waals surface area contributed by atoms with Crippen molar-refractivity contribution in [3.8, 4) is 0 Å². The van der Waals surface area contributed by atoms with Crippen LogP contribution in [0.15, 0.2) is 29.2 Å². The lowest BCUT2D eigenvalue weighted by Gasteiger charge is -2.17. The van der Waals surface area contributed by atoms with Crippen LogP contribution in [0.4, 0.5) is 0 Å². The van der Waals surface area contributed by atoms with Crippen LogP contribution >= 0.6 is 0 Å². The van der Waals surface area contributed by atoms with Gasteiger partial charge in [0, 0.05) is 5.56 Å². The van der Waals surface area contributed by atoms with Crippen molar-refractivity contribution in [2.75, 3.05) is 6.61 Å². The zero-order chi connectivity index (χ0) is 14.1. The van der Waals surface area contributed by atoms with E-state index in [1.54, 1.807) is 13.8 Å². The van der Waals surface area contributed by atoms with Gasteiger partial charge in [-0.3, -0.25) is 4.79 Å². The summed E-state index contributed by atoms with van der Waals surface area (Å²) in [6.45, 7) is 3.57. The van der Waals surface area contributed by atoms with E-state index in [0.717, 1.165) is 0 Å². The van der Waals surface area contributed by atoms with Crippen molar-refractivity contribution in [2.24, 2.45) is 0 Å². The Morgan fingerprint density at radius 1 is 1.32 bits per heavy atom. The molecule has 7 heteroatoms. The normalized spacial score (nSPS) is 22.3. The lowest BCUT2D eigenvalue weighted by atomic mass is 10.2. The molecular weight excluding hydrogens is 270 g/mol. The molecule has 0 amide bonds. The molecule has 1 aromatic carbocycles. The van der Waals surface area contributed by atoms with Crippen molar-refractivity contribution >= 4 is 16.3 Å². The molecule has 0 saturated carbocycles. The van der Waals surface area contributed by atoms with Gasteiger partial charge < -0.3 is 9.47 Å². The van der Waals surface area contributed by atoms with Gasteiger partial charge in [0.15, 0.2) is 5.79 Å². The summed E-state index contributed by atoms with van der Waals surface area (Å²) in [5.74, 6) is -0.797. The van der Waals surface area contributed by atoms with Gasteiger partial charge in [-0.25, -0.2) is 8.42 Å². The molecule has 2 rings (SSSR count). The summed E-state index contributed by atoms with van der Waals surface area (Å²) in [5, 5.41) is 0. The third-order valence-corrected chi connectivity index (χ3v) is 4.09. The fourth-order valence-electron chi connectivity index (χ4n) is 1.71. The number of hydrogen-bond donors (Lipinski definition) is 1. The molecule has 1 unspecified atom stereocenters. The second-order valence-corrected chi connectivity index (χ2v) is 6.34. The first-order valence-corrected chi connectivity index (χ1v) is 7.20. The lowest BCUT2D eigenvalue weighted by molar-refractivity contribution is -0.139. The molecule has 1 heterocycles. The Morgan fingerprint density at radius 2 is 1.95 bits per heavy atom. The van der Waals surface area contributed by atoms with E-state index in [-0.39, 0.29) is 11.5 Å². The molecule has 0 spiro atoms. The molecule has 0 bridgehead atoms. The fourth-order valence-corrected chi connectivity index (χ4v) is 2.80. The van der Waals surface area contributed by atoms with Gasteiger partial charge in [0.05, 0.1) is 11.5 Å². The first-order chi connectivity index (χ1) is 8.82. The summed E-state index contributed by atoms with van der Waals surface area (Å²) in [7, 11) is -3.69. The number of hydrogen-bond acceptors (Lipinski definition) is 5. The Bertz CT molecular complexity index is 564. The van der Waals surface area contributed by atoms with Crippen molar-refractivity contribution < 1.29 is 22.7 Å². The Balaban J connectivity index is 2.12. The van der Waals surface area contributed by atoms with E-state index in [1.807, 2.05) is 0 Å². The van der Waals surface area contributed by atoms with E-state index in [1.165, 1.54) is 24.3 Å². The Labute approximate surface area is 111 Å². The molecule has 19 heavy (non-hydrogen) atoms. The summed E-state index contributed by atoms with van der Waals surface area (Å²) in [5.41, 5.74) is 0.417. The lowest BCUT2D eigenvalue weighted by Crippen LogP contribution is -2.37. The number of carbonyl (C=O) groups excluding carboxylic acids is 1. The summed E-state index contributed by atoms with van der Waals surface area (Å²) < 4.78 is 37.2. The molecule has 0 radical (unpaired) electrons. The standard InChI is InChI=1S/C12H15NO5S/c1-12(2)17-8-11(18-12)13-19(15,16)10-5-3-9(7-14)4-6-10/h3-7,11,13H,8H2,1-2H3. The summed E-state index contributed by atoms with van der Waals surface area (Å²) >= 11 is 0. The quantitative estimate of drug-likeness (QED) is 0.831. The predicted molar refractivity (Wildman–Crippen MR) is 67.1 cm³/mol. The summed E-state index contributed by atoms with van der Waals surface area (Å²) in [6, 6.07) is 5.62. The van der Waals surface area contributed by atoms with E-state index < -0.39 is 22.0 Å². The Morgan fingerprint density at radius 3 is 2.42 bits per heavy atom. The van der Waals surface area contributed by atoms with Crippen LogP contribution in [-0.4, -0.2) is 33.3 Å². The highest BCUT2D eigenvalue weighted by atomic mass is 32.2. The number of carbonyl (C=O) groups is 1. The van der Waals surface area contributed by atoms with Gasteiger partial charge in [0.2, 0.25) is 10.0 Å². The maximum atomic E-state index is 12.1. The number of nitrogens with one attached hydrogen (secondary N) is 1. The minimum absolute atomic E-state index is 0.0754. The molecule has 0 aromatic heterocycles. The molecule has 6 nitrogen and oxygen atoms in total. The van der Waals surface area contributed by atoms with Crippen LogP contribution in [0.5, 0.6) is 0 Å². The largest absolute Gasteiger partial charge is 0.346 e. The molecule has 1 fully saturated rings. The number of benzene rings is 1. The number of sulfonamides is 1. The number of aldehydes is 1. The Hall–Kier alpha value is -1.28. The minimum Gasteiger partial charge on any atom is -0.346 e. The highest BCUT2D eigenvalue weighted by molar-refractivity contribution is 7.89. The van der Waals surface area contributed by atoms with Gasteiger partial charge in [-0.15, -0.1) is 0 Å². The zero-order valence-electron chi connectivity index (χ0n) is 10.6. The van der Waals surface area contributed by atoms with Crippen LogP contribution < -0.4 is 4.72 Å². The second kappa shape index (κ2) is 5.01. The first kappa shape index (κ1) is 14.1. The molecule has 1 saturated heterocycles. The third-order valence-electron chi connectivity index (χ3n) is 2.62. The van der Waals surface area contributed by atoms with Crippen molar-refractivity contribution in [1.29, 1.82) is 0 Å². The van der Waals surface area contributed by atoms with Gasteiger partial charge >= 0.3 is 0 Å². The number of rotatable bonds is 4. The van der Waals surface area contributed by atoms with Gasteiger partial charge in [0.1, 0.15) is 12.5 Å². The van der Waals surface area contributed by atoms with E-state index >= 15 is 0 Å². The van der Waals surface area contributed by atoms with Crippen LogP contribution in [0.2, 0.25) is 0 Å². The first-order valence-electron chi connectivity index (χ1n) is 5.72. The highest BCUT2D eigenvalue weighted by Crippen LogP contribution is 2.22. The number of ether oxygens (including phenoxy) is 2. The van der Waals surface area contributed by atoms with E-state index in [9.17, 15) is 13.2 Å². The van der Waals surface area contributed by atoms with Crippen molar-refractivity contribution in [1.82, 2.24) is 4.72 Å². The fraction of sp³-hybridized carbons (Fsp3) is 0.417. The van der Waals surface area contributed by atoms with E-state index in [4.69, 9.17) is 9.47 Å². The maximum absolute atomic E-state index is 12.1. The molecule has 1 atom stereocenters. The minimum atomic E-state index is -3.69.